The van der Waals surface area contributed by atoms with E-state index >= 15 is 0 Å². The molecule has 182 valence electrons. The molecule has 0 saturated heterocycles. The Labute approximate surface area is 184 Å². The maximum Gasteiger partial charge on any atom is 0.459 e. The number of sulfone groups is 1. The molecule has 4 aromatic heterocycles. The highest BCUT2D eigenvalue weighted by Gasteiger charge is 2.62. The molecule has 0 aliphatic carbocycles. The molecule has 0 bridgehead atoms. The number of alkyl halides is 8. The minimum atomic E-state index is -6.16. The molecule has 0 aliphatic rings. The first-order chi connectivity index (χ1) is 15.6. The van der Waals surface area contributed by atoms with E-state index in [9.17, 15) is 43.5 Å². The summed E-state index contributed by atoms with van der Waals surface area (Å²) in [6.07, 6.45) is -9.66. The van der Waals surface area contributed by atoms with Gasteiger partial charge in [-0.15, -0.1) is 0 Å². The van der Waals surface area contributed by atoms with Gasteiger partial charge >= 0.3 is 18.3 Å². The Balaban J connectivity index is 2.24. The van der Waals surface area contributed by atoms with Crippen LogP contribution in [0.1, 0.15) is 18.3 Å². The Hall–Kier alpha value is -3.30. The van der Waals surface area contributed by atoms with Crippen molar-refractivity contribution in [1.82, 2.24) is 23.8 Å². The Bertz CT molecular complexity index is 1520. The van der Waals surface area contributed by atoms with Gasteiger partial charge in [-0.2, -0.15) is 35.1 Å². The zero-order chi connectivity index (χ0) is 25.3. The van der Waals surface area contributed by atoms with E-state index in [-0.39, 0.29) is 8.80 Å². The van der Waals surface area contributed by atoms with Crippen LogP contribution in [0, 0.1) is 0 Å². The maximum atomic E-state index is 14.6. The topological polar surface area (TPSA) is 81.6 Å². The molecule has 4 aromatic rings. The molecule has 4 rings (SSSR count). The van der Waals surface area contributed by atoms with E-state index in [1.54, 1.807) is 0 Å². The summed E-state index contributed by atoms with van der Waals surface area (Å²) in [6, 6.07) is 3.32. The molecule has 7 nitrogen and oxygen atoms in total. The average molecular weight is 513 g/mol. The summed E-state index contributed by atoms with van der Waals surface area (Å²) in [7, 11) is -4.67. The molecular formula is C18H11F8N5O2S. The van der Waals surface area contributed by atoms with E-state index in [1.807, 2.05) is 0 Å². The smallest absolute Gasteiger partial charge is 0.280 e. The van der Waals surface area contributed by atoms with Crippen LogP contribution in [0.4, 0.5) is 35.1 Å². The average Bonchev–Trinajstić information content (AvgIpc) is 3.31. The zero-order valence-corrected chi connectivity index (χ0v) is 17.5. The van der Waals surface area contributed by atoms with Gasteiger partial charge in [-0.05, 0) is 18.2 Å². The van der Waals surface area contributed by atoms with Gasteiger partial charge in [0.15, 0.2) is 14.9 Å². The van der Waals surface area contributed by atoms with Gasteiger partial charge in [-0.25, -0.2) is 23.4 Å². The molecule has 0 N–H and O–H groups in total. The minimum absolute atomic E-state index is 0.159. The maximum absolute atomic E-state index is 14.6. The third-order valence-corrected chi connectivity index (χ3v) is 6.60. The number of aromatic nitrogens is 5. The third kappa shape index (κ3) is 3.47. The fourth-order valence-electron chi connectivity index (χ4n) is 3.36. The highest BCUT2D eigenvalue weighted by atomic mass is 32.2. The van der Waals surface area contributed by atoms with Crippen molar-refractivity contribution in [1.29, 1.82) is 0 Å². The number of nitrogens with zero attached hydrogens (tertiary/aromatic N) is 5. The first-order valence-electron chi connectivity index (χ1n) is 9.20. The largest absolute Gasteiger partial charge is 0.459 e. The number of fused-ring (bicyclic) bond motifs is 2. The van der Waals surface area contributed by atoms with E-state index in [0.717, 1.165) is 31.3 Å². The minimum Gasteiger partial charge on any atom is -0.280 e. The van der Waals surface area contributed by atoms with Gasteiger partial charge in [0.25, 0.3) is 0 Å². The number of hydrogen-bond donors (Lipinski definition) is 0. The summed E-state index contributed by atoms with van der Waals surface area (Å²) in [5.74, 6) is -6.40. The Morgan fingerprint density at radius 1 is 0.912 bits per heavy atom. The van der Waals surface area contributed by atoms with Crippen LogP contribution < -0.4 is 0 Å². The predicted molar refractivity (Wildman–Crippen MR) is 99.9 cm³/mol. The molecule has 0 saturated carbocycles. The second-order valence-electron chi connectivity index (χ2n) is 6.96. The SMILES string of the molecule is CCS(=O)(=O)c1c(-c2nc3ccncn3c2C(F)(F)C(F)(F)F)nc2cccc(C(F)(F)F)n12. The quantitative estimate of drug-likeness (QED) is 0.375. The zero-order valence-electron chi connectivity index (χ0n) is 16.7. The van der Waals surface area contributed by atoms with Crippen molar-refractivity contribution in [3.8, 4) is 11.4 Å². The summed E-state index contributed by atoms with van der Waals surface area (Å²) < 4.78 is 136. The molecule has 0 unspecified atom stereocenters. The van der Waals surface area contributed by atoms with E-state index in [4.69, 9.17) is 0 Å². The summed E-state index contributed by atoms with van der Waals surface area (Å²) in [5, 5.41) is -1.21. The molecule has 0 atom stereocenters. The van der Waals surface area contributed by atoms with Crippen molar-refractivity contribution in [2.45, 2.75) is 30.2 Å². The van der Waals surface area contributed by atoms with Crippen LogP contribution in [0.15, 0.2) is 41.8 Å². The van der Waals surface area contributed by atoms with Crippen molar-refractivity contribution in [2.24, 2.45) is 0 Å². The molecule has 0 aliphatic heterocycles. The number of rotatable bonds is 4. The fourth-order valence-corrected chi connectivity index (χ4v) is 4.54. The van der Waals surface area contributed by atoms with Gasteiger partial charge in [0, 0.05) is 6.20 Å². The summed E-state index contributed by atoms with van der Waals surface area (Å²) in [4.78, 5) is 10.9. The fraction of sp³-hybridized carbons (Fsp3) is 0.278. The van der Waals surface area contributed by atoms with Crippen LogP contribution >= 0.6 is 0 Å². The number of hydrogen-bond acceptors (Lipinski definition) is 5. The van der Waals surface area contributed by atoms with E-state index < -0.39 is 73.0 Å². The Morgan fingerprint density at radius 2 is 1.56 bits per heavy atom. The normalized spacial score (nSPS) is 13.8. The number of halogens is 8. The van der Waals surface area contributed by atoms with Crippen molar-refractivity contribution < 1.29 is 43.5 Å². The Morgan fingerprint density at radius 3 is 2.15 bits per heavy atom. The van der Waals surface area contributed by atoms with Crippen LogP contribution in [-0.2, 0) is 21.9 Å². The van der Waals surface area contributed by atoms with Crippen molar-refractivity contribution >= 4 is 21.1 Å². The molecule has 34 heavy (non-hydrogen) atoms. The second kappa shape index (κ2) is 7.35. The van der Waals surface area contributed by atoms with Gasteiger partial charge in [-0.1, -0.05) is 13.0 Å². The highest BCUT2D eigenvalue weighted by molar-refractivity contribution is 7.91. The Kier molecular flexibility index (Phi) is 5.15. The monoisotopic (exact) mass is 513 g/mol. The molecule has 0 aromatic carbocycles. The van der Waals surface area contributed by atoms with E-state index in [2.05, 4.69) is 15.0 Å². The van der Waals surface area contributed by atoms with Crippen molar-refractivity contribution in [3.63, 3.8) is 0 Å². The van der Waals surface area contributed by atoms with Gasteiger partial charge in [-0.3, -0.25) is 8.80 Å². The van der Waals surface area contributed by atoms with Gasteiger partial charge in [0.05, 0.1) is 5.75 Å². The molecule has 4 heterocycles. The number of pyridine rings is 1. The van der Waals surface area contributed by atoms with Gasteiger partial charge in [0.1, 0.15) is 40.4 Å². The van der Waals surface area contributed by atoms with E-state index in [1.165, 1.54) is 0 Å². The van der Waals surface area contributed by atoms with Crippen molar-refractivity contribution in [3.05, 3.63) is 48.2 Å². The van der Waals surface area contributed by atoms with Crippen LogP contribution in [0.3, 0.4) is 0 Å². The molecule has 0 fully saturated rings. The molecule has 0 spiro atoms. The lowest BCUT2D eigenvalue weighted by molar-refractivity contribution is -0.291. The molecular weight excluding hydrogens is 502 g/mol. The number of imidazole rings is 2. The molecule has 16 heteroatoms. The lowest BCUT2D eigenvalue weighted by atomic mass is 10.1. The van der Waals surface area contributed by atoms with Crippen molar-refractivity contribution in [2.75, 3.05) is 5.75 Å². The lowest BCUT2D eigenvalue weighted by Crippen LogP contribution is -2.35. The third-order valence-electron chi connectivity index (χ3n) is 4.87. The van der Waals surface area contributed by atoms with E-state index in [0.29, 0.717) is 12.4 Å². The van der Waals surface area contributed by atoms with Gasteiger partial charge < -0.3 is 0 Å². The van der Waals surface area contributed by atoms with Crippen LogP contribution in [0.25, 0.3) is 22.7 Å². The van der Waals surface area contributed by atoms with Gasteiger partial charge in [0.2, 0.25) is 0 Å². The summed E-state index contributed by atoms with van der Waals surface area (Å²) in [5.41, 5.74) is -6.83. The van der Waals surface area contributed by atoms with Crippen LogP contribution in [0.5, 0.6) is 0 Å². The lowest BCUT2D eigenvalue weighted by Gasteiger charge is -2.20. The van der Waals surface area contributed by atoms with Crippen LogP contribution in [-0.4, -0.2) is 44.1 Å². The molecule has 0 radical (unpaired) electrons. The predicted octanol–water partition coefficient (Wildman–Crippen LogP) is 4.51. The van der Waals surface area contributed by atoms with Crippen LogP contribution in [0.2, 0.25) is 0 Å². The summed E-state index contributed by atoms with van der Waals surface area (Å²) >= 11 is 0. The first-order valence-corrected chi connectivity index (χ1v) is 10.9. The first kappa shape index (κ1) is 23.8. The standard InChI is InChI=1S/C18H11F8N5O2S/c1-2-34(32,33)15-13(29-11-5-3-4-9(31(11)15)17(21,22)23)12-14(16(19,20)18(24,25)26)30-8-27-7-6-10(30)28-12/h3-8H,2H2,1H3. The summed E-state index contributed by atoms with van der Waals surface area (Å²) in [6.45, 7) is 1.06. The second-order valence-corrected chi connectivity index (χ2v) is 9.15. The molecule has 0 amide bonds. The highest BCUT2D eigenvalue weighted by Crippen LogP contribution is 2.48.